The third-order valence-electron chi connectivity index (χ3n) is 2.48. The molecule has 6 heteroatoms. The first-order chi connectivity index (χ1) is 8.56. The lowest BCUT2D eigenvalue weighted by Gasteiger charge is -2.16. The topological polar surface area (TPSA) is 69.0 Å². The minimum absolute atomic E-state index is 0.228. The van der Waals surface area contributed by atoms with E-state index in [4.69, 9.17) is 0 Å². The van der Waals surface area contributed by atoms with E-state index >= 15 is 0 Å². The van der Waals surface area contributed by atoms with Crippen LogP contribution in [0.25, 0.3) is 0 Å². The van der Waals surface area contributed by atoms with Crippen LogP contribution >= 0.6 is 15.9 Å². The summed E-state index contributed by atoms with van der Waals surface area (Å²) in [6, 6.07) is 7.73. The average molecular weight is 310 g/mol. The number of halogens is 1. The highest BCUT2D eigenvalue weighted by atomic mass is 79.9. The number of hydrogen-bond donors (Lipinski definition) is 2. The van der Waals surface area contributed by atoms with E-state index in [2.05, 4.69) is 25.9 Å². The lowest BCUT2D eigenvalue weighted by Crippen LogP contribution is -2.26. The molecule has 1 aromatic heterocycles. The van der Waals surface area contributed by atoms with Crippen molar-refractivity contribution in [1.82, 2.24) is 14.9 Å². The van der Waals surface area contributed by atoms with Crippen molar-refractivity contribution in [2.45, 2.75) is 6.54 Å². The summed E-state index contributed by atoms with van der Waals surface area (Å²) in [5, 5.41) is 0. The van der Waals surface area contributed by atoms with Crippen molar-refractivity contribution in [2.24, 2.45) is 0 Å². The smallest absolute Gasteiger partial charge is 0.323 e. The molecule has 0 fully saturated rings. The molecule has 0 aliphatic heterocycles. The molecule has 5 nitrogen and oxygen atoms in total. The first-order valence-electron chi connectivity index (χ1n) is 5.34. The van der Waals surface area contributed by atoms with Gasteiger partial charge in [-0.05, 0) is 17.7 Å². The van der Waals surface area contributed by atoms with Crippen LogP contribution in [0.4, 0.5) is 0 Å². The first-order valence-corrected chi connectivity index (χ1v) is 6.13. The van der Waals surface area contributed by atoms with Gasteiger partial charge in [-0.3, -0.25) is 4.79 Å². The number of nitrogens with zero attached hydrogens (tertiary/aromatic N) is 1. The van der Waals surface area contributed by atoms with Gasteiger partial charge in [0.05, 0.1) is 0 Å². The number of benzene rings is 1. The number of imidazole rings is 1. The minimum Gasteiger partial charge on any atom is -0.336 e. The normalized spacial score (nSPS) is 10.3. The lowest BCUT2D eigenvalue weighted by molar-refractivity contribution is 0.0779. The summed E-state index contributed by atoms with van der Waals surface area (Å²) >= 11 is 3.38. The summed E-state index contributed by atoms with van der Waals surface area (Å²) in [7, 11) is 1.69. The molecule has 18 heavy (non-hydrogen) atoms. The van der Waals surface area contributed by atoms with Crippen LogP contribution in [0.15, 0.2) is 39.7 Å². The Bertz CT molecular complexity index is 618. The number of aromatic amines is 2. The molecule has 0 saturated carbocycles. The number of aromatic nitrogens is 2. The molecule has 0 aliphatic rings. The van der Waals surface area contributed by atoms with Crippen LogP contribution in [-0.2, 0) is 6.54 Å². The maximum Gasteiger partial charge on any atom is 0.323 e. The third-order valence-corrected chi connectivity index (χ3v) is 2.97. The van der Waals surface area contributed by atoms with Crippen LogP contribution in [0.2, 0.25) is 0 Å². The van der Waals surface area contributed by atoms with Gasteiger partial charge in [0.25, 0.3) is 5.91 Å². The van der Waals surface area contributed by atoms with Crippen molar-refractivity contribution < 1.29 is 4.79 Å². The second kappa shape index (κ2) is 5.22. The molecule has 0 aliphatic carbocycles. The van der Waals surface area contributed by atoms with Crippen LogP contribution in [0.5, 0.6) is 0 Å². The standard InChI is InChI=1S/C12H12BrN3O2/c1-16(7-8-3-2-4-9(13)5-8)11(17)10-6-14-12(18)15-10/h2-6H,7H2,1H3,(H2,14,15,18). The monoisotopic (exact) mass is 309 g/mol. The van der Waals surface area contributed by atoms with E-state index in [1.54, 1.807) is 11.9 Å². The SMILES string of the molecule is CN(Cc1cccc(Br)c1)C(=O)c1c[nH]c(=O)[nH]1. The Kier molecular flexibility index (Phi) is 3.66. The summed E-state index contributed by atoms with van der Waals surface area (Å²) in [6.07, 6.45) is 1.38. The van der Waals surface area contributed by atoms with Gasteiger partial charge in [-0.25, -0.2) is 4.79 Å². The second-order valence-corrected chi connectivity index (χ2v) is 4.86. The highest BCUT2D eigenvalue weighted by Crippen LogP contribution is 2.13. The summed E-state index contributed by atoms with van der Waals surface area (Å²) < 4.78 is 0.968. The quantitative estimate of drug-likeness (QED) is 0.906. The van der Waals surface area contributed by atoms with E-state index in [0.717, 1.165) is 10.0 Å². The van der Waals surface area contributed by atoms with Gasteiger partial charge in [0.1, 0.15) is 5.69 Å². The van der Waals surface area contributed by atoms with Crippen molar-refractivity contribution in [1.29, 1.82) is 0 Å². The van der Waals surface area contributed by atoms with E-state index in [0.29, 0.717) is 6.54 Å². The number of H-pyrrole nitrogens is 2. The van der Waals surface area contributed by atoms with Crippen molar-refractivity contribution >= 4 is 21.8 Å². The minimum atomic E-state index is -0.380. The highest BCUT2D eigenvalue weighted by molar-refractivity contribution is 9.10. The van der Waals surface area contributed by atoms with Gasteiger partial charge in [-0.1, -0.05) is 28.1 Å². The number of carbonyl (C=O) groups is 1. The molecule has 2 rings (SSSR count). The van der Waals surface area contributed by atoms with E-state index in [1.807, 2.05) is 24.3 Å². The van der Waals surface area contributed by atoms with Gasteiger partial charge in [-0.15, -0.1) is 0 Å². The summed E-state index contributed by atoms with van der Waals surface area (Å²) in [6.45, 7) is 0.478. The van der Waals surface area contributed by atoms with Gasteiger partial charge < -0.3 is 14.9 Å². The molecule has 1 heterocycles. The Morgan fingerprint density at radius 3 is 2.83 bits per heavy atom. The number of nitrogens with one attached hydrogen (secondary N) is 2. The molecule has 0 bridgehead atoms. The van der Waals surface area contributed by atoms with Crippen molar-refractivity contribution in [3.05, 3.63) is 56.7 Å². The zero-order valence-electron chi connectivity index (χ0n) is 9.74. The molecule has 0 saturated heterocycles. The second-order valence-electron chi connectivity index (χ2n) is 3.95. The molecule has 0 radical (unpaired) electrons. The molecule has 2 aromatic rings. The predicted octanol–water partition coefficient (Wildman–Crippen LogP) is 1.74. The van der Waals surface area contributed by atoms with Crippen LogP contribution in [-0.4, -0.2) is 27.8 Å². The highest BCUT2D eigenvalue weighted by Gasteiger charge is 2.13. The summed E-state index contributed by atoms with van der Waals surface area (Å²) in [5.41, 5.74) is 0.893. The number of carbonyl (C=O) groups excluding carboxylic acids is 1. The molecule has 0 atom stereocenters. The Labute approximate surface area is 112 Å². The molecule has 1 aromatic carbocycles. The Morgan fingerprint density at radius 2 is 2.22 bits per heavy atom. The Hall–Kier alpha value is -1.82. The predicted molar refractivity (Wildman–Crippen MR) is 71.4 cm³/mol. The Balaban J connectivity index is 2.10. The lowest BCUT2D eigenvalue weighted by atomic mass is 10.2. The fourth-order valence-corrected chi connectivity index (χ4v) is 2.08. The van der Waals surface area contributed by atoms with Crippen LogP contribution in [0.3, 0.4) is 0 Å². The maximum atomic E-state index is 12.0. The number of rotatable bonds is 3. The number of amides is 1. The van der Waals surface area contributed by atoms with E-state index < -0.39 is 0 Å². The van der Waals surface area contributed by atoms with Crippen molar-refractivity contribution in [3.63, 3.8) is 0 Å². The van der Waals surface area contributed by atoms with Gasteiger partial charge in [0.2, 0.25) is 0 Å². The summed E-state index contributed by atoms with van der Waals surface area (Å²) in [4.78, 5) is 29.3. The fourth-order valence-electron chi connectivity index (χ4n) is 1.63. The molecule has 1 amide bonds. The largest absolute Gasteiger partial charge is 0.336 e. The van der Waals surface area contributed by atoms with Crippen LogP contribution in [0, 0.1) is 0 Å². The maximum absolute atomic E-state index is 12.0. The average Bonchev–Trinajstić information content (AvgIpc) is 2.75. The Morgan fingerprint density at radius 1 is 1.44 bits per heavy atom. The van der Waals surface area contributed by atoms with Gasteiger partial charge in [0.15, 0.2) is 0 Å². The zero-order chi connectivity index (χ0) is 13.1. The van der Waals surface area contributed by atoms with Gasteiger partial charge in [0, 0.05) is 24.3 Å². The molecule has 2 N–H and O–H groups in total. The third kappa shape index (κ3) is 2.89. The van der Waals surface area contributed by atoms with Crippen molar-refractivity contribution in [2.75, 3.05) is 7.05 Å². The van der Waals surface area contributed by atoms with Crippen LogP contribution < -0.4 is 5.69 Å². The van der Waals surface area contributed by atoms with Gasteiger partial charge in [-0.2, -0.15) is 0 Å². The van der Waals surface area contributed by atoms with Gasteiger partial charge >= 0.3 is 5.69 Å². The molecule has 94 valence electrons. The summed E-state index contributed by atoms with van der Waals surface area (Å²) in [5.74, 6) is -0.228. The van der Waals surface area contributed by atoms with E-state index in [-0.39, 0.29) is 17.3 Å². The van der Waals surface area contributed by atoms with Crippen LogP contribution in [0.1, 0.15) is 16.1 Å². The molecule has 0 spiro atoms. The zero-order valence-corrected chi connectivity index (χ0v) is 11.3. The molecular formula is C12H12BrN3O2. The molecular weight excluding hydrogens is 298 g/mol. The molecule has 0 unspecified atom stereocenters. The van der Waals surface area contributed by atoms with E-state index in [1.165, 1.54) is 6.20 Å². The fraction of sp³-hybridized carbons (Fsp3) is 0.167. The first kappa shape index (κ1) is 12.6. The van der Waals surface area contributed by atoms with Crippen molar-refractivity contribution in [3.8, 4) is 0 Å². The van der Waals surface area contributed by atoms with E-state index in [9.17, 15) is 9.59 Å². The number of hydrogen-bond acceptors (Lipinski definition) is 2.